The van der Waals surface area contributed by atoms with Crippen LogP contribution >= 0.6 is 0 Å². The lowest BCUT2D eigenvalue weighted by Gasteiger charge is -2.14. The Hall–Kier alpha value is -1.66. The van der Waals surface area contributed by atoms with Crippen LogP contribution in [0.25, 0.3) is 0 Å². The summed E-state index contributed by atoms with van der Waals surface area (Å²) in [7, 11) is 0. The van der Waals surface area contributed by atoms with Gasteiger partial charge >= 0.3 is 11.9 Å². The van der Waals surface area contributed by atoms with Gasteiger partial charge in [-0.15, -0.1) is 0 Å². The molecule has 0 unspecified atom stereocenters. The van der Waals surface area contributed by atoms with Crippen molar-refractivity contribution in [2.45, 2.75) is 56.2 Å². The van der Waals surface area contributed by atoms with E-state index in [1.165, 1.54) is 0 Å². The van der Waals surface area contributed by atoms with Crippen LogP contribution in [-0.4, -0.2) is 41.5 Å². The first-order valence-electron chi connectivity index (χ1n) is 7.17. The average Bonchev–Trinajstić information content (AvgIpc) is 3.24. The third-order valence-electron chi connectivity index (χ3n) is 5.23. The molecule has 4 aliphatic heterocycles. The first kappa shape index (κ1) is 11.9. The topological polar surface area (TPSA) is 77.7 Å². The van der Waals surface area contributed by atoms with Gasteiger partial charge in [-0.25, -0.2) is 9.59 Å². The molecule has 5 atom stereocenters. The van der Waals surface area contributed by atoms with E-state index in [9.17, 15) is 9.59 Å². The van der Waals surface area contributed by atoms with E-state index in [0.29, 0.717) is 23.3 Å². The van der Waals surface area contributed by atoms with Crippen LogP contribution < -0.4 is 0 Å². The van der Waals surface area contributed by atoms with E-state index in [1.54, 1.807) is 6.92 Å². The minimum Gasteiger partial charge on any atom is -0.452 e. The number of hydrogen-bond acceptors (Lipinski definition) is 6. The zero-order chi connectivity index (χ0) is 14.6. The summed E-state index contributed by atoms with van der Waals surface area (Å²) in [4.78, 5) is 24.1. The molecule has 0 aromatic heterocycles. The molecule has 5 rings (SSSR count). The zero-order valence-electron chi connectivity index (χ0n) is 11.7. The minimum atomic E-state index is -0.834. The highest BCUT2D eigenvalue weighted by Crippen LogP contribution is 2.57. The summed E-state index contributed by atoms with van der Waals surface area (Å²) in [6, 6.07) is 0. The van der Waals surface area contributed by atoms with Crippen molar-refractivity contribution < 1.29 is 28.5 Å². The zero-order valence-corrected chi connectivity index (χ0v) is 11.7. The molecule has 0 N–H and O–H groups in total. The second-order valence-electron chi connectivity index (χ2n) is 6.52. The van der Waals surface area contributed by atoms with Crippen LogP contribution in [-0.2, 0) is 28.5 Å². The molecule has 3 fully saturated rings. The van der Waals surface area contributed by atoms with Gasteiger partial charge in [0.05, 0.1) is 6.10 Å². The smallest absolute Gasteiger partial charge is 0.342 e. The Balaban J connectivity index is 1.68. The molecule has 6 nitrogen and oxygen atoms in total. The van der Waals surface area contributed by atoms with Gasteiger partial charge in [0.15, 0.2) is 11.7 Å². The van der Waals surface area contributed by atoms with Gasteiger partial charge < -0.3 is 18.9 Å². The number of rotatable bonds is 0. The maximum absolute atomic E-state index is 12.2. The molecule has 110 valence electrons. The Morgan fingerprint density at radius 3 is 2.86 bits per heavy atom. The highest BCUT2D eigenvalue weighted by atomic mass is 16.7. The van der Waals surface area contributed by atoms with E-state index in [2.05, 4.69) is 0 Å². The average molecular weight is 290 g/mol. The van der Waals surface area contributed by atoms with E-state index in [1.807, 2.05) is 13.0 Å². The van der Waals surface area contributed by atoms with Crippen molar-refractivity contribution in [3.8, 4) is 0 Å². The second kappa shape index (κ2) is 3.23. The third-order valence-corrected chi connectivity index (χ3v) is 5.23. The predicted molar refractivity (Wildman–Crippen MR) is 66.9 cm³/mol. The number of ether oxygens (including phenoxy) is 4. The fraction of sp³-hybridized carbons (Fsp3) is 0.600. The van der Waals surface area contributed by atoms with Gasteiger partial charge in [0.1, 0.15) is 17.5 Å². The van der Waals surface area contributed by atoms with Crippen LogP contribution in [0, 0.1) is 0 Å². The molecule has 0 saturated carbocycles. The lowest BCUT2D eigenvalue weighted by Crippen LogP contribution is -2.23. The van der Waals surface area contributed by atoms with Crippen molar-refractivity contribution >= 4 is 11.9 Å². The Morgan fingerprint density at radius 2 is 2.10 bits per heavy atom. The Bertz CT molecular complexity index is 676. The molecular formula is C15H14O6. The maximum Gasteiger partial charge on any atom is 0.342 e. The van der Waals surface area contributed by atoms with Crippen LogP contribution in [0.2, 0.25) is 0 Å². The number of hydrogen-bond donors (Lipinski definition) is 0. The summed E-state index contributed by atoms with van der Waals surface area (Å²) in [5.41, 5.74) is -0.160. The van der Waals surface area contributed by atoms with Gasteiger partial charge in [-0.3, -0.25) is 0 Å². The van der Waals surface area contributed by atoms with Gasteiger partial charge in [0.25, 0.3) is 0 Å². The van der Waals surface area contributed by atoms with E-state index < -0.39 is 23.3 Å². The molecule has 4 heterocycles. The Morgan fingerprint density at radius 1 is 1.29 bits per heavy atom. The predicted octanol–water partition coefficient (Wildman–Crippen LogP) is 0.758. The SMILES string of the molecule is CC1=C2/C(=C\[C@]3(C)O[C@H]3CC[C@@]34O[C@@H]3[C@@H]2OC4=O)OC1=O. The van der Waals surface area contributed by atoms with Crippen molar-refractivity contribution in [3.63, 3.8) is 0 Å². The fourth-order valence-electron chi connectivity index (χ4n) is 3.79. The molecule has 0 aromatic rings. The summed E-state index contributed by atoms with van der Waals surface area (Å²) in [6.45, 7) is 3.65. The number of fused-ring (bicyclic) bond motifs is 3. The third kappa shape index (κ3) is 1.30. The highest BCUT2D eigenvalue weighted by molar-refractivity contribution is 5.95. The standard InChI is InChI=1S/C15H14O6/c1-6-9-7(18-12(6)16)5-14(2)8(20-14)3-4-15-11(21-15)10(9)19-13(15)17/h5,8,10-11H,3-4H2,1-2H3/b7-5+/t8-,10+,11+,14-,15+/m0/s1. The quantitative estimate of drug-likeness (QED) is 0.484. The number of esters is 2. The monoisotopic (exact) mass is 290 g/mol. The van der Waals surface area contributed by atoms with Crippen molar-refractivity contribution in [1.29, 1.82) is 0 Å². The van der Waals surface area contributed by atoms with E-state index in [-0.39, 0.29) is 18.2 Å². The molecule has 5 aliphatic rings. The fourth-order valence-corrected chi connectivity index (χ4v) is 3.79. The van der Waals surface area contributed by atoms with Gasteiger partial charge in [0.2, 0.25) is 0 Å². The summed E-state index contributed by atoms with van der Waals surface area (Å²) in [5.74, 6) is -0.278. The van der Waals surface area contributed by atoms with Crippen LogP contribution in [0.3, 0.4) is 0 Å². The first-order valence-corrected chi connectivity index (χ1v) is 7.17. The van der Waals surface area contributed by atoms with Crippen LogP contribution in [0.4, 0.5) is 0 Å². The van der Waals surface area contributed by atoms with Crippen molar-refractivity contribution in [3.05, 3.63) is 23.0 Å². The number of epoxide rings is 2. The summed E-state index contributed by atoms with van der Waals surface area (Å²) in [5, 5.41) is 0. The van der Waals surface area contributed by atoms with Crippen molar-refractivity contribution in [1.82, 2.24) is 0 Å². The maximum atomic E-state index is 12.2. The summed E-state index contributed by atoms with van der Waals surface area (Å²) < 4.78 is 22.2. The van der Waals surface area contributed by atoms with Gasteiger partial charge in [-0.2, -0.15) is 0 Å². The van der Waals surface area contributed by atoms with E-state index in [4.69, 9.17) is 18.9 Å². The largest absolute Gasteiger partial charge is 0.452 e. The molecule has 21 heavy (non-hydrogen) atoms. The molecule has 6 heteroatoms. The number of carbonyl (C=O) groups is 2. The molecule has 0 aromatic carbocycles. The van der Waals surface area contributed by atoms with E-state index in [0.717, 1.165) is 6.42 Å². The van der Waals surface area contributed by atoms with Crippen LogP contribution in [0.15, 0.2) is 23.0 Å². The van der Waals surface area contributed by atoms with Crippen molar-refractivity contribution in [2.75, 3.05) is 0 Å². The van der Waals surface area contributed by atoms with Crippen LogP contribution in [0.1, 0.15) is 26.7 Å². The molecule has 0 radical (unpaired) electrons. The highest BCUT2D eigenvalue weighted by Gasteiger charge is 2.75. The van der Waals surface area contributed by atoms with Crippen molar-refractivity contribution in [2.24, 2.45) is 0 Å². The number of carbonyl (C=O) groups excluding carboxylic acids is 2. The second-order valence-corrected chi connectivity index (χ2v) is 6.52. The molecule has 0 spiro atoms. The normalized spacial score (nSPS) is 52.1. The summed E-state index contributed by atoms with van der Waals surface area (Å²) >= 11 is 0. The van der Waals surface area contributed by atoms with Gasteiger partial charge in [-0.1, -0.05) is 0 Å². The van der Waals surface area contributed by atoms with Crippen LogP contribution in [0.5, 0.6) is 0 Å². The molecule has 2 bridgehead atoms. The van der Waals surface area contributed by atoms with Gasteiger partial charge in [-0.05, 0) is 32.8 Å². The lowest BCUT2D eigenvalue weighted by molar-refractivity contribution is -0.152. The molecule has 1 aliphatic carbocycles. The minimum absolute atomic E-state index is 0.0232. The van der Waals surface area contributed by atoms with Gasteiger partial charge in [0, 0.05) is 11.1 Å². The molecule has 0 amide bonds. The lowest BCUT2D eigenvalue weighted by atomic mass is 9.89. The molecule has 3 saturated heterocycles. The molecular weight excluding hydrogens is 276 g/mol. The first-order chi connectivity index (χ1) is 9.94. The van der Waals surface area contributed by atoms with E-state index >= 15 is 0 Å². The summed E-state index contributed by atoms with van der Waals surface area (Å²) in [6.07, 6.45) is 2.32. The Kier molecular flexibility index (Phi) is 1.83. The Labute approximate surface area is 120 Å².